The van der Waals surface area contributed by atoms with Crippen LogP contribution in [0, 0.1) is 19.9 Å². The van der Waals surface area contributed by atoms with Crippen molar-refractivity contribution >= 4 is 11.4 Å². The zero-order chi connectivity index (χ0) is 15.0. The standard InChI is InChI=1S/C18H20N3.Y/c1-11-4-5-14-10-13(3)20-21-18(16(14)8-11)15-6-7-17(19)12(2)9-15;/h5-9,13,20H,10,19H2,1-3H3;/q-1;/p+1. The van der Waals surface area contributed by atoms with Crippen molar-refractivity contribution < 1.29 is 38.1 Å². The third-order valence-electron chi connectivity index (χ3n) is 3.98. The van der Waals surface area contributed by atoms with E-state index in [1.54, 1.807) is 0 Å². The molecule has 0 bridgehead atoms. The van der Waals surface area contributed by atoms with Gasteiger partial charge in [-0.15, -0.1) is 5.56 Å². The first-order chi connectivity index (χ1) is 10.0. The zero-order valence-corrected chi connectivity index (χ0v) is 16.2. The summed E-state index contributed by atoms with van der Waals surface area (Å²) in [7, 11) is 0. The maximum Gasteiger partial charge on any atom is 0.109 e. The molecule has 22 heavy (non-hydrogen) atoms. The summed E-state index contributed by atoms with van der Waals surface area (Å²) in [4.78, 5) is 0. The Labute approximate surface area is 157 Å². The van der Waals surface area contributed by atoms with Crippen LogP contribution in [0.25, 0.3) is 0 Å². The minimum absolute atomic E-state index is 0. The Balaban J connectivity index is 0.00000176. The number of fused-ring (bicyclic) bond motifs is 1. The van der Waals surface area contributed by atoms with Crippen LogP contribution in [0.5, 0.6) is 0 Å². The molecule has 0 fully saturated rings. The molecule has 4 N–H and O–H groups in total. The molecule has 0 saturated carbocycles. The van der Waals surface area contributed by atoms with Crippen LogP contribution in [0.15, 0.2) is 35.4 Å². The summed E-state index contributed by atoms with van der Waals surface area (Å²) >= 11 is 0. The van der Waals surface area contributed by atoms with Crippen LogP contribution in [-0.4, -0.2) is 11.8 Å². The van der Waals surface area contributed by atoms with Crippen molar-refractivity contribution in [2.75, 3.05) is 5.73 Å². The predicted molar refractivity (Wildman–Crippen MR) is 86.3 cm³/mol. The van der Waals surface area contributed by atoms with E-state index in [1.165, 1.54) is 11.1 Å². The molecule has 0 spiro atoms. The quantitative estimate of drug-likeness (QED) is 0.451. The van der Waals surface area contributed by atoms with E-state index in [1.807, 2.05) is 13.0 Å². The molecule has 4 heteroatoms. The molecule has 1 heterocycles. The number of hydrogen-bond acceptors (Lipinski definition) is 2. The summed E-state index contributed by atoms with van der Waals surface area (Å²) < 4.78 is 0. The molecular weight excluding hydrogens is 347 g/mol. The van der Waals surface area contributed by atoms with Gasteiger partial charge in [-0.1, -0.05) is 23.7 Å². The average molecular weight is 368 g/mol. The first-order valence-electron chi connectivity index (χ1n) is 7.34. The second-order valence-electron chi connectivity index (χ2n) is 5.93. The molecule has 111 valence electrons. The van der Waals surface area contributed by atoms with E-state index in [0.29, 0.717) is 6.04 Å². The molecule has 3 rings (SSSR count). The van der Waals surface area contributed by atoms with Crippen LogP contribution in [0.4, 0.5) is 5.69 Å². The van der Waals surface area contributed by atoms with E-state index in [-0.39, 0.29) is 32.7 Å². The second-order valence-corrected chi connectivity index (χ2v) is 5.93. The fourth-order valence-corrected chi connectivity index (χ4v) is 2.74. The minimum atomic E-state index is 0. The first kappa shape index (κ1) is 17.3. The van der Waals surface area contributed by atoms with Gasteiger partial charge < -0.3 is 5.73 Å². The van der Waals surface area contributed by atoms with Crippen molar-refractivity contribution in [2.24, 2.45) is 5.10 Å². The Morgan fingerprint density at radius 1 is 1.27 bits per heavy atom. The Bertz CT molecular complexity index is 722. The average Bonchev–Trinajstić information content (AvgIpc) is 2.60. The van der Waals surface area contributed by atoms with E-state index in [9.17, 15) is 0 Å². The topological polar surface area (TPSA) is 55.0 Å². The van der Waals surface area contributed by atoms with Crippen LogP contribution < -0.4 is 11.2 Å². The van der Waals surface area contributed by atoms with Crippen molar-refractivity contribution in [3.8, 4) is 0 Å². The number of hydrogen-bond donors (Lipinski definition) is 2. The molecule has 2 aromatic carbocycles. The molecule has 0 aromatic heterocycles. The molecule has 1 unspecified atom stereocenters. The van der Waals surface area contributed by atoms with Gasteiger partial charge in [0.1, 0.15) is 11.8 Å². The summed E-state index contributed by atoms with van der Waals surface area (Å²) in [6.07, 6.45) is 1.01. The van der Waals surface area contributed by atoms with Crippen molar-refractivity contribution in [3.05, 3.63) is 64.2 Å². The summed E-state index contributed by atoms with van der Waals surface area (Å²) in [5, 5.41) is 4.76. The van der Waals surface area contributed by atoms with E-state index in [2.05, 4.69) is 49.6 Å². The van der Waals surface area contributed by atoms with Gasteiger partial charge in [-0.05, 0) is 38.0 Å². The molecule has 1 aliphatic heterocycles. The third-order valence-corrected chi connectivity index (χ3v) is 3.98. The van der Waals surface area contributed by atoms with E-state index < -0.39 is 0 Å². The Morgan fingerprint density at radius 3 is 2.77 bits per heavy atom. The fourth-order valence-electron chi connectivity index (χ4n) is 2.74. The second kappa shape index (κ2) is 7.03. The van der Waals surface area contributed by atoms with Crippen LogP contribution in [0.2, 0.25) is 0 Å². The van der Waals surface area contributed by atoms with Crippen LogP contribution in [0.3, 0.4) is 0 Å². The van der Waals surface area contributed by atoms with E-state index in [0.717, 1.165) is 34.5 Å². The first-order valence-corrected chi connectivity index (χ1v) is 7.34. The van der Waals surface area contributed by atoms with Crippen molar-refractivity contribution in [1.29, 1.82) is 0 Å². The smallest absolute Gasteiger partial charge is 0.109 e. The number of benzene rings is 2. The van der Waals surface area contributed by atoms with Gasteiger partial charge in [-0.3, -0.25) is 0 Å². The van der Waals surface area contributed by atoms with Gasteiger partial charge in [0.2, 0.25) is 0 Å². The summed E-state index contributed by atoms with van der Waals surface area (Å²) in [5.74, 6) is 0. The number of quaternary nitrogens is 1. The Morgan fingerprint density at radius 2 is 2.05 bits per heavy atom. The molecule has 0 amide bonds. The van der Waals surface area contributed by atoms with Gasteiger partial charge in [0, 0.05) is 44.0 Å². The molecule has 1 radical (unpaired) electrons. The third kappa shape index (κ3) is 3.48. The Kier molecular flexibility index (Phi) is 5.54. The Hall–Kier alpha value is -1.03. The van der Waals surface area contributed by atoms with Gasteiger partial charge in [-0.25, -0.2) is 5.43 Å². The molecule has 1 aliphatic rings. The monoisotopic (exact) mass is 368 g/mol. The van der Waals surface area contributed by atoms with Crippen LogP contribution >= 0.6 is 0 Å². The fraction of sp³-hybridized carbons (Fsp3) is 0.278. The molecule has 0 aliphatic carbocycles. The minimum Gasteiger partial charge on any atom is -0.399 e. The number of anilines is 1. The van der Waals surface area contributed by atoms with E-state index >= 15 is 0 Å². The van der Waals surface area contributed by atoms with Gasteiger partial charge in [0.05, 0.1) is 0 Å². The molecule has 2 aromatic rings. The summed E-state index contributed by atoms with van der Waals surface area (Å²) in [6.45, 7) is 6.31. The molecule has 0 saturated heterocycles. The molecule has 1 atom stereocenters. The number of nitrogens with two attached hydrogens (primary N) is 2. The van der Waals surface area contributed by atoms with Gasteiger partial charge in [0.25, 0.3) is 0 Å². The van der Waals surface area contributed by atoms with Gasteiger partial charge in [0.15, 0.2) is 0 Å². The zero-order valence-electron chi connectivity index (χ0n) is 13.4. The largest absolute Gasteiger partial charge is 0.399 e. The van der Waals surface area contributed by atoms with Crippen molar-refractivity contribution in [2.45, 2.75) is 33.2 Å². The number of rotatable bonds is 1. The molecule has 3 nitrogen and oxygen atoms in total. The maximum absolute atomic E-state index is 5.94. The molecular formula is C18H21N3Y. The summed E-state index contributed by atoms with van der Waals surface area (Å²) in [5.41, 5.74) is 15.7. The van der Waals surface area contributed by atoms with Gasteiger partial charge >= 0.3 is 0 Å². The van der Waals surface area contributed by atoms with Crippen molar-refractivity contribution in [3.63, 3.8) is 0 Å². The number of nitrogen functional groups attached to an aromatic ring is 1. The van der Waals surface area contributed by atoms with Crippen LogP contribution in [-0.2, 0) is 39.1 Å². The number of nitrogens with zero attached hydrogens (tertiary/aromatic N) is 1. The predicted octanol–water partition coefficient (Wildman–Crippen LogP) is 1.94. The SMILES string of the molecule is Cc1[c-]cc2c(c1)C(c1ccc(N)c(C)c1)=N[NH2+]C(C)C2.[Y]. The number of aryl methyl sites for hydroxylation is 2. The maximum atomic E-state index is 5.94. The van der Waals surface area contributed by atoms with Gasteiger partial charge in [-0.2, -0.15) is 23.8 Å². The van der Waals surface area contributed by atoms with Crippen molar-refractivity contribution in [1.82, 2.24) is 0 Å². The van der Waals surface area contributed by atoms with Crippen LogP contribution in [0.1, 0.15) is 34.7 Å². The normalized spacial score (nSPS) is 17.0. The van der Waals surface area contributed by atoms with E-state index in [4.69, 9.17) is 10.8 Å². The summed E-state index contributed by atoms with van der Waals surface area (Å²) in [6, 6.07) is 14.2.